The Bertz CT molecular complexity index is 342. The molecule has 0 spiro atoms. The van der Waals surface area contributed by atoms with E-state index in [0.717, 1.165) is 26.2 Å². The number of nitrogens with two attached hydrogens (primary N) is 1. The Labute approximate surface area is 122 Å². The van der Waals surface area contributed by atoms with Gasteiger partial charge in [0.2, 0.25) is 5.91 Å². The molecule has 4 nitrogen and oxygen atoms in total. The van der Waals surface area contributed by atoms with Gasteiger partial charge in [0, 0.05) is 25.7 Å². The normalized spacial score (nSPS) is 21.5. The lowest BCUT2D eigenvalue weighted by atomic mass is 9.80. The van der Waals surface area contributed by atoms with E-state index in [1.165, 1.54) is 0 Å². The van der Waals surface area contributed by atoms with Crippen LogP contribution >= 0.6 is 12.2 Å². The molecule has 1 saturated heterocycles. The lowest BCUT2D eigenvalue weighted by Gasteiger charge is -2.43. The molecular formula is C14H27N3OS. The first-order chi connectivity index (χ1) is 8.92. The quantitative estimate of drug-likeness (QED) is 0.780. The van der Waals surface area contributed by atoms with Crippen molar-refractivity contribution < 1.29 is 4.79 Å². The highest BCUT2D eigenvalue weighted by atomic mass is 32.1. The summed E-state index contributed by atoms with van der Waals surface area (Å²) in [6.45, 7) is 11.8. The Hall–Kier alpha value is -0.680. The van der Waals surface area contributed by atoms with Gasteiger partial charge in [0.05, 0.1) is 10.4 Å². The topological polar surface area (TPSA) is 49.6 Å². The van der Waals surface area contributed by atoms with Crippen LogP contribution in [0.3, 0.4) is 0 Å². The molecule has 1 rings (SSSR count). The first-order valence-electron chi connectivity index (χ1n) is 7.26. The van der Waals surface area contributed by atoms with Crippen LogP contribution in [0.1, 0.15) is 40.5 Å². The molecule has 1 amide bonds. The van der Waals surface area contributed by atoms with E-state index in [9.17, 15) is 4.79 Å². The van der Waals surface area contributed by atoms with Crippen LogP contribution in [-0.4, -0.2) is 52.9 Å². The number of hydrogen-bond donors (Lipinski definition) is 1. The molecule has 1 heterocycles. The molecule has 19 heavy (non-hydrogen) atoms. The molecule has 1 aliphatic heterocycles. The van der Waals surface area contributed by atoms with Gasteiger partial charge in [-0.05, 0) is 26.3 Å². The fourth-order valence-electron chi connectivity index (χ4n) is 2.96. The van der Waals surface area contributed by atoms with Crippen LogP contribution in [-0.2, 0) is 4.79 Å². The third-order valence-corrected chi connectivity index (χ3v) is 4.94. The molecule has 0 aromatic heterocycles. The van der Waals surface area contributed by atoms with Crippen LogP contribution < -0.4 is 5.73 Å². The second-order valence-electron chi connectivity index (χ2n) is 5.38. The Kier molecular flexibility index (Phi) is 5.74. The number of nitrogens with zero attached hydrogens (tertiary/aromatic N) is 2. The van der Waals surface area contributed by atoms with Crippen molar-refractivity contribution in [1.82, 2.24) is 9.80 Å². The minimum absolute atomic E-state index is 0.118. The number of carbonyl (C=O) groups excluding carboxylic acids is 1. The van der Waals surface area contributed by atoms with Crippen molar-refractivity contribution in [3.05, 3.63) is 0 Å². The fourth-order valence-corrected chi connectivity index (χ4v) is 3.33. The number of likely N-dealkylation sites (N-methyl/N-ethyl adjacent to an activating group) is 1. The first kappa shape index (κ1) is 16.4. The highest BCUT2D eigenvalue weighted by molar-refractivity contribution is 7.80. The molecule has 1 unspecified atom stereocenters. The van der Waals surface area contributed by atoms with Gasteiger partial charge in [0.15, 0.2) is 0 Å². The molecule has 0 aliphatic carbocycles. The van der Waals surface area contributed by atoms with Crippen LogP contribution in [0.25, 0.3) is 0 Å². The molecule has 0 aromatic rings. The summed E-state index contributed by atoms with van der Waals surface area (Å²) in [6.07, 6.45) is 1.36. The number of carbonyl (C=O) groups is 1. The van der Waals surface area contributed by atoms with Crippen molar-refractivity contribution in [2.45, 2.75) is 46.6 Å². The first-order valence-corrected chi connectivity index (χ1v) is 7.67. The number of hydrogen-bond acceptors (Lipinski definition) is 3. The summed E-state index contributed by atoms with van der Waals surface area (Å²) < 4.78 is 0. The smallest absolute Gasteiger partial charge is 0.235 e. The number of piperazine rings is 1. The Morgan fingerprint density at radius 1 is 1.32 bits per heavy atom. The summed E-state index contributed by atoms with van der Waals surface area (Å²) in [7, 11) is 0. The minimum Gasteiger partial charge on any atom is -0.392 e. The summed E-state index contributed by atoms with van der Waals surface area (Å²) >= 11 is 5.17. The Morgan fingerprint density at radius 2 is 1.89 bits per heavy atom. The van der Waals surface area contributed by atoms with Crippen LogP contribution in [0.15, 0.2) is 0 Å². The van der Waals surface area contributed by atoms with Crippen LogP contribution in [0, 0.1) is 5.41 Å². The van der Waals surface area contributed by atoms with Gasteiger partial charge in [-0.25, -0.2) is 0 Å². The Morgan fingerprint density at radius 3 is 2.26 bits per heavy atom. The molecule has 1 fully saturated rings. The molecule has 1 aliphatic rings. The van der Waals surface area contributed by atoms with Crippen LogP contribution in [0.2, 0.25) is 0 Å². The van der Waals surface area contributed by atoms with Crippen molar-refractivity contribution in [3.8, 4) is 0 Å². The van der Waals surface area contributed by atoms with Gasteiger partial charge in [-0.15, -0.1) is 0 Å². The maximum Gasteiger partial charge on any atom is 0.235 e. The van der Waals surface area contributed by atoms with Crippen molar-refractivity contribution in [2.75, 3.05) is 26.2 Å². The summed E-state index contributed by atoms with van der Waals surface area (Å²) in [5.41, 5.74) is 5.21. The van der Waals surface area contributed by atoms with Gasteiger partial charge in [-0.3, -0.25) is 9.69 Å². The van der Waals surface area contributed by atoms with Gasteiger partial charge >= 0.3 is 0 Å². The van der Waals surface area contributed by atoms with E-state index in [1.807, 2.05) is 18.7 Å². The van der Waals surface area contributed by atoms with E-state index >= 15 is 0 Å². The van der Waals surface area contributed by atoms with Gasteiger partial charge in [0.25, 0.3) is 0 Å². The molecule has 0 bridgehead atoms. The van der Waals surface area contributed by atoms with Crippen molar-refractivity contribution in [3.63, 3.8) is 0 Å². The maximum absolute atomic E-state index is 12.8. The predicted molar refractivity (Wildman–Crippen MR) is 83.1 cm³/mol. The van der Waals surface area contributed by atoms with Crippen molar-refractivity contribution in [2.24, 2.45) is 11.1 Å². The average Bonchev–Trinajstić information content (AvgIpc) is 2.40. The van der Waals surface area contributed by atoms with Crippen molar-refractivity contribution in [1.29, 1.82) is 0 Å². The molecule has 0 saturated carbocycles. The zero-order valence-corrected chi connectivity index (χ0v) is 13.4. The van der Waals surface area contributed by atoms with Crippen LogP contribution in [0.5, 0.6) is 0 Å². The minimum atomic E-state index is -0.649. The molecule has 110 valence electrons. The second kappa shape index (κ2) is 6.66. The molecule has 0 aromatic carbocycles. The highest BCUT2D eigenvalue weighted by Crippen LogP contribution is 2.30. The highest BCUT2D eigenvalue weighted by Gasteiger charge is 2.42. The van der Waals surface area contributed by atoms with E-state index in [0.29, 0.717) is 23.9 Å². The van der Waals surface area contributed by atoms with E-state index in [-0.39, 0.29) is 5.91 Å². The van der Waals surface area contributed by atoms with E-state index < -0.39 is 5.41 Å². The van der Waals surface area contributed by atoms with Crippen LogP contribution in [0.4, 0.5) is 0 Å². The standard InChI is InChI=1S/C14H27N3OS/c1-5-14(6-2,12(15)19)13(18)17-9-8-16(7-3)11(4)10-17/h11H,5-10H2,1-4H3,(H2,15,19). The van der Waals surface area contributed by atoms with Gasteiger partial charge in [-0.1, -0.05) is 33.0 Å². The lowest BCUT2D eigenvalue weighted by Crippen LogP contribution is -2.58. The zero-order chi connectivity index (χ0) is 14.6. The molecular weight excluding hydrogens is 258 g/mol. The van der Waals surface area contributed by atoms with E-state index in [4.69, 9.17) is 18.0 Å². The third-order valence-electron chi connectivity index (χ3n) is 4.55. The Balaban J connectivity index is 2.85. The molecule has 5 heteroatoms. The van der Waals surface area contributed by atoms with E-state index in [1.54, 1.807) is 0 Å². The third kappa shape index (κ3) is 3.08. The number of amides is 1. The zero-order valence-electron chi connectivity index (χ0n) is 12.6. The second-order valence-corrected chi connectivity index (χ2v) is 5.82. The maximum atomic E-state index is 12.8. The lowest BCUT2D eigenvalue weighted by molar-refractivity contribution is -0.141. The van der Waals surface area contributed by atoms with Gasteiger partial charge in [0.1, 0.15) is 0 Å². The summed E-state index contributed by atoms with van der Waals surface area (Å²) in [6, 6.07) is 0.403. The van der Waals surface area contributed by atoms with E-state index in [2.05, 4.69) is 18.7 Å². The molecule has 2 N–H and O–H groups in total. The monoisotopic (exact) mass is 285 g/mol. The number of thiocarbonyl (C=S) groups is 1. The molecule has 0 radical (unpaired) electrons. The summed E-state index contributed by atoms with van der Waals surface area (Å²) in [5, 5.41) is 0. The summed E-state index contributed by atoms with van der Waals surface area (Å²) in [4.78, 5) is 17.5. The summed E-state index contributed by atoms with van der Waals surface area (Å²) in [5.74, 6) is 0.118. The van der Waals surface area contributed by atoms with Gasteiger partial charge < -0.3 is 10.6 Å². The molecule has 1 atom stereocenters. The predicted octanol–water partition coefficient (Wildman–Crippen LogP) is 1.63. The SMILES string of the molecule is CCN1CCN(C(=O)C(CC)(CC)C(N)=S)CC1C. The largest absolute Gasteiger partial charge is 0.392 e. The van der Waals surface area contributed by atoms with Crippen molar-refractivity contribution >= 4 is 23.1 Å². The fraction of sp³-hybridized carbons (Fsp3) is 0.857. The van der Waals surface area contributed by atoms with Gasteiger partial charge in [-0.2, -0.15) is 0 Å². The average molecular weight is 285 g/mol. The number of rotatable bonds is 5.